The van der Waals surface area contributed by atoms with E-state index >= 15 is 0 Å². The number of hydrogen-bond acceptors (Lipinski definition) is 4. The van der Waals surface area contributed by atoms with Crippen molar-refractivity contribution in [3.63, 3.8) is 0 Å². The van der Waals surface area contributed by atoms with Crippen molar-refractivity contribution in [1.82, 2.24) is 25.1 Å². The van der Waals surface area contributed by atoms with Gasteiger partial charge in [0.1, 0.15) is 5.82 Å². The van der Waals surface area contributed by atoms with Crippen molar-refractivity contribution in [2.24, 2.45) is 0 Å². The Hall–Kier alpha value is -2.28. The Bertz CT molecular complexity index is 717. The number of rotatable bonds is 6. The number of nitrogens with one attached hydrogen (secondary N) is 2. The Morgan fingerprint density at radius 1 is 1.45 bits per heavy atom. The smallest absolute Gasteiger partial charge is 0.244 e. The zero-order valence-electron chi connectivity index (χ0n) is 12.7. The Kier molecular flexibility index (Phi) is 5.60. The third-order valence-electron chi connectivity index (χ3n) is 3.28. The molecule has 0 fully saturated rings. The summed E-state index contributed by atoms with van der Waals surface area (Å²) >= 11 is 5.13. The maximum absolute atomic E-state index is 11.9. The average molecular weight is 317 g/mol. The van der Waals surface area contributed by atoms with Crippen LogP contribution in [0.15, 0.2) is 30.6 Å². The fourth-order valence-corrected chi connectivity index (χ4v) is 2.39. The third kappa shape index (κ3) is 4.11. The lowest BCUT2D eigenvalue weighted by Gasteiger charge is -2.05. The van der Waals surface area contributed by atoms with Crippen molar-refractivity contribution in [2.45, 2.75) is 26.8 Å². The molecule has 0 atom stereocenters. The van der Waals surface area contributed by atoms with Gasteiger partial charge in [-0.05, 0) is 49.3 Å². The van der Waals surface area contributed by atoms with Crippen LogP contribution in [0.25, 0.3) is 5.57 Å². The largest absolute Gasteiger partial charge is 0.352 e. The standard InChI is InChI=1S/C15H19N5OS/c1-3-20-13(18-19-15(20)22)6-9-17-14(21)10-11(2)12-4-7-16-8-5-12/h4-5,7-8,10H,3,6,9H2,1-2H3,(H,17,21)(H,19,22). The predicted octanol–water partition coefficient (Wildman–Crippen LogP) is 2.12. The normalized spacial score (nSPS) is 11.5. The van der Waals surface area contributed by atoms with Crippen molar-refractivity contribution in [3.8, 4) is 0 Å². The molecule has 2 aromatic heterocycles. The van der Waals surface area contributed by atoms with Crippen LogP contribution in [0.4, 0.5) is 0 Å². The molecule has 0 unspecified atom stereocenters. The average Bonchev–Trinajstić information content (AvgIpc) is 2.88. The van der Waals surface area contributed by atoms with E-state index < -0.39 is 0 Å². The van der Waals surface area contributed by atoms with Crippen molar-refractivity contribution < 1.29 is 4.79 Å². The highest BCUT2D eigenvalue weighted by Gasteiger charge is 2.05. The monoisotopic (exact) mass is 317 g/mol. The lowest BCUT2D eigenvalue weighted by Crippen LogP contribution is -2.24. The van der Waals surface area contributed by atoms with Gasteiger partial charge in [-0.1, -0.05) is 0 Å². The van der Waals surface area contributed by atoms with Crippen LogP contribution in [0.2, 0.25) is 0 Å². The first kappa shape index (κ1) is 16.1. The van der Waals surface area contributed by atoms with Gasteiger partial charge in [0.05, 0.1) is 0 Å². The molecule has 7 heteroatoms. The quantitative estimate of drug-likeness (QED) is 0.632. The van der Waals surface area contributed by atoms with E-state index in [-0.39, 0.29) is 5.91 Å². The fourth-order valence-electron chi connectivity index (χ4n) is 2.11. The molecule has 0 aliphatic rings. The molecule has 1 amide bonds. The van der Waals surface area contributed by atoms with E-state index in [1.165, 1.54) is 0 Å². The van der Waals surface area contributed by atoms with Gasteiger partial charge in [-0.15, -0.1) is 0 Å². The van der Waals surface area contributed by atoms with E-state index in [1.807, 2.05) is 30.5 Å². The van der Waals surface area contributed by atoms with Crippen LogP contribution in [-0.4, -0.2) is 32.2 Å². The van der Waals surface area contributed by atoms with Gasteiger partial charge >= 0.3 is 0 Å². The van der Waals surface area contributed by atoms with Crippen LogP contribution in [0.5, 0.6) is 0 Å². The van der Waals surface area contributed by atoms with Crippen LogP contribution in [0.3, 0.4) is 0 Å². The summed E-state index contributed by atoms with van der Waals surface area (Å²) in [6, 6.07) is 3.75. The molecular weight excluding hydrogens is 298 g/mol. The second-order valence-electron chi connectivity index (χ2n) is 4.79. The Morgan fingerprint density at radius 2 is 2.18 bits per heavy atom. The van der Waals surface area contributed by atoms with Gasteiger partial charge in [-0.2, -0.15) is 5.10 Å². The summed E-state index contributed by atoms with van der Waals surface area (Å²) < 4.78 is 2.52. The summed E-state index contributed by atoms with van der Waals surface area (Å²) in [6.45, 7) is 5.18. The number of allylic oxidation sites excluding steroid dienone is 1. The second-order valence-corrected chi connectivity index (χ2v) is 5.18. The first-order valence-corrected chi connectivity index (χ1v) is 7.53. The van der Waals surface area contributed by atoms with E-state index in [0.717, 1.165) is 23.5 Å². The van der Waals surface area contributed by atoms with Crippen LogP contribution in [0.1, 0.15) is 25.2 Å². The molecule has 0 radical (unpaired) electrons. The molecule has 2 heterocycles. The molecule has 2 N–H and O–H groups in total. The summed E-state index contributed by atoms with van der Waals surface area (Å²) in [6.07, 6.45) is 5.64. The molecule has 6 nitrogen and oxygen atoms in total. The van der Waals surface area contributed by atoms with Crippen molar-refractivity contribution in [3.05, 3.63) is 46.8 Å². The molecule has 0 aliphatic heterocycles. The van der Waals surface area contributed by atoms with Crippen molar-refractivity contribution >= 4 is 23.7 Å². The van der Waals surface area contributed by atoms with Crippen molar-refractivity contribution in [2.75, 3.05) is 6.54 Å². The van der Waals surface area contributed by atoms with E-state index in [0.29, 0.717) is 17.7 Å². The maximum Gasteiger partial charge on any atom is 0.244 e. The fraction of sp³-hybridized carbons (Fsp3) is 0.333. The molecule has 22 heavy (non-hydrogen) atoms. The molecule has 2 aromatic rings. The van der Waals surface area contributed by atoms with Gasteiger partial charge in [-0.3, -0.25) is 14.9 Å². The first-order chi connectivity index (χ1) is 10.6. The van der Waals surface area contributed by atoms with Gasteiger partial charge in [0.25, 0.3) is 0 Å². The molecule has 0 saturated carbocycles. The van der Waals surface area contributed by atoms with Gasteiger partial charge in [0.15, 0.2) is 4.77 Å². The van der Waals surface area contributed by atoms with Crippen LogP contribution >= 0.6 is 12.2 Å². The van der Waals surface area contributed by atoms with E-state index in [2.05, 4.69) is 20.5 Å². The van der Waals surface area contributed by atoms with Gasteiger partial charge in [0.2, 0.25) is 5.91 Å². The van der Waals surface area contributed by atoms with E-state index in [9.17, 15) is 4.79 Å². The number of nitrogens with zero attached hydrogens (tertiary/aromatic N) is 3. The minimum Gasteiger partial charge on any atom is -0.352 e. The van der Waals surface area contributed by atoms with Gasteiger partial charge < -0.3 is 9.88 Å². The highest BCUT2D eigenvalue weighted by atomic mass is 32.1. The van der Waals surface area contributed by atoms with Crippen LogP contribution in [-0.2, 0) is 17.8 Å². The van der Waals surface area contributed by atoms with Crippen LogP contribution < -0.4 is 5.32 Å². The minimum absolute atomic E-state index is 0.119. The second kappa shape index (κ2) is 7.65. The SMILES string of the molecule is CCn1c(CCNC(=O)C=C(C)c2ccncc2)n[nH]c1=S. The lowest BCUT2D eigenvalue weighted by molar-refractivity contribution is -0.116. The topological polar surface area (TPSA) is 75.6 Å². The number of carbonyl (C=O) groups is 1. The molecule has 2 rings (SSSR count). The van der Waals surface area contributed by atoms with Gasteiger partial charge in [-0.25, -0.2) is 0 Å². The molecule has 0 aliphatic carbocycles. The molecular formula is C15H19N5OS. The molecule has 116 valence electrons. The summed E-state index contributed by atoms with van der Waals surface area (Å²) in [5.74, 6) is 0.731. The number of H-pyrrole nitrogens is 1. The number of hydrogen-bond donors (Lipinski definition) is 2. The summed E-state index contributed by atoms with van der Waals surface area (Å²) in [7, 11) is 0. The number of carbonyl (C=O) groups excluding carboxylic acids is 1. The molecule has 0 bridgehead atoms. The molecule has 0 spiro atoms. The van der Waals surface area contributed by atoms with E-state index in [1.54, 1.807) is 18.5 Å². The predicted molar refractivity (Wildman–Crippen MR) is 87.7 cm³/mol. The number of amides is 1. The highest BCUT2D eigenvalue weighted by molar-refractivity contribution is 7.71. The Labute approximate surface area is 134 Å². The zero-order chi connectivity index (χ0) is 15.9. The van der Waals surface area contributed by atoms with Gasteiger partial charge in [0, 0.05) is 38.0 Å². The summed E-state index contributed by atoms with van der Waals surface area (Å²) in [5, 5.41) is 9.79. The Balaban J connectivity index is 1.89. The molecule has 0 aromatic carbocycles. The Morgan fingerprint density at radius 3 is 2.86 bits per heavy atom. The van der Waals surface area contributed by atoms with Crippen LogP contribution in [0, 0.1) is 4.77 Å². The highest BCUT2D eigenvalue weighted by Crippen LogP contribution is 2.11. The zero-order valence-corrected chi connectivity index (χ0v) is 13.5. The van der Waals surface area contributed by atoms with Crippen molar-refractivity contribution in [1.29, 1.82) is 0 Å². The maximum atomic E-state index is 11.9. The number of pyridine rings is 1. The molecule has 0 saturated heterocycles. The summed E-state index contributed by atoms with van der Waals surface area (Å²) in [4.78, 5) is 15.9. The lowest BCUT2D eigenvalue weighted by atomic mass is 10.1. The third-order valence-corrected chi connectivity index (χ3v) is 3.60. The number of aromatic nitrogens is 4. The summed E-state index contributed by atoms with van der Waals surface area (Å²) in [5.41, 5.74) is 1.88. The minimum atomic E-state index is -0.119. The number of aromatic amines is 1. The van der Waals surface area contributed by atoms with E-state index in [4.69, 9.17) is 12.2 Å². The first-order valence-electron chi connectivity index (χ1n) is 7.12.